The van der Waals surface area contributed by atoms with Crippen LogP contribution < -0.4 is 5.32 Å². The Morgan fingerprint density at radius 2 is 2.50 bits per heavy atom. The van der Waals surface area contributed by atoms with Crippen molar-refractivity contribution in [2.24, 2.45) is 0 Å². The maximum Gasteiger partial charge on any atom is 0.232 e. The summed E-state index contributed by atoms with van der Waals surface area (Å²) < 4.78 is 4.75. The van der Waals surface area contributed by atoms with E-state index in [0.29, 0.717) is 10.8 Å². The molecule has 0 aliphatic carbocycles. The normalized spacial score (nSPS) is 10.0. The van der Waals surface area contributed by atoms with Gasteiger partial charge in [-0.3, -0.25) is 4.79 Å². The van der Waals surface area contributed by atoms with Crippen LogP contribution in [0, 0.1) is 0 Å². The second-order valence-corrected chi connectivity index (χ2v) is 3.44. The molecule has 0 unspecified atom stereocenters. The fourth-order valence-corrected chi connectivity index (χ4v) is 1.48. The maximum absolute atomic E-state index is 11.4. The van der Waals surface area contributed by atoms with Crippen molar-refractivity contribution in [3.05, 3.63) is 29.9 Å². The van der Waals surface area contributed by atoms with Crippen LogP contribution >= 0.6 is 11.3 Å². The zero-order valence-corrected chi connectivity index (χ0v) is 7.95. The Labute approximate surface area is 83.8 Å². The van der Waals surface area contributed by atoms with Crippen LogP contribution in [0.5, 0.6) is 0 Å². The molecule has 0 saturated heterocycles. The van der Waals surface area contributed by atoms with E-state index in [0.717, 1.165) is 0 Å². The predicted molar refractivity (Wildman–Crippen MR) is 51.0 cm³/mol. The molecule has 14 heavy (non-hydrogen) atoms. The van der Waals surface area contributed by atoms with Crippen LogP contribution in [0.2, 0.25) is 0 Å². The molecule has 6 heteroatoms. The Morgan fingerprint density at radius 3 is 3.14 bits per heavy atom. The Hall–Kier alpha value is -1.69. The van der Waals surface area contributed by atoms with E-state index in [1.165, 1.54) is 24.0 Å². The average molecular weight is 209 g/mol. The lowest BCUT2D eigenvalue weighted by atomic mass is 10.3. The lowest BCUT2D eigenvalue weighted by Gasteiger charge is -1.97. The predicted octanol–water partition coefficient (Wildman–Crippen LogP) is 1.31. The number of thiazole rings is 1. The number of aromatic nitrogens is 2. The smallest absolute Gasteiger partial charge is 0.232 e. The quantitative estimate of drug-likeness (QED) is 0.827. The van der Waals surface area contributed by atoms with Gasteiger partial charge >= 0.3 is 0 Å². The summed E-state index contributed by atoms with van der Waals surface area (Å²) in [5.41, 5.74) is 0.610. The molecule has 0 radical (unpaired) electrons. The molecule has 1 N–H and O–H groups in total. The SMILES string of the molecule is O=C(Cc1cocn1)Nc1nccs1. The summed E-state index contributed by atoms with van der Waals surface area (Å²) in [6, 6.07) is 0. The first kappa shape index (κ1) is 8.89. The van der Waals surface area contributed by atoms with Crippen LogP contribution in [0.15, 0.2) is 28.7 Å². The second-order valence-electron chi connectivity index (χ2n) is 2.54. The molecular formula is C8H7N3O2S. The molecule has 72 valence electrons. The summed E-state index contributed by atoms with van der Waals surface area (Å²) in [6.07, 6.45) is 4.58. The zero-order valence-electron chi connectivity index (χ0n) is 7.14. The lowest BCUT2D eigenvalue weighted by Crippen LogP contribution is -2.14. The van der Waals surface area contributed by atoms with Crippen LogP contribution in [-0.4, -0.2) is 15.9 Å². The highest BCUT2D eigenvalue weighted by molar-refractivity contribution is 7.13. The van der Waals surface area contributed by atoms with Crippen molar-refractivity contribution in [1.82, 2.24) is 9.97 Å². The van der Waals surface area contributed by atoms with Gasteiger partial charge in [-0.05, 0) is 0 Å². The maximum atomic E-state index is 11.4. The van der Waals surface area contributed by atoms with Crippen molar-refractivity contribution in [1.29, 1.82) is 0 Å². The number of nitrogens with one attached hydrogen (secondary N) is 1. The lowest BCUT2D eigenvalue weighted by molar-refractivity contribution is -0.115. The Bertz CT molecular complexity index is 358. The monoisotopic (exact) mass is 209 g/mol. The van der Waals surface area contributed by atoms with Gasteiger partial charge in [-0.25, -0.2) is 9.97 Å². The fraction of sp³-hybridized carbons (Fsp3) is 0.125. The number of amides is 1. The summed E-state index contributed by atoms with van der Waals surface area (Å²) in [7, 11) is 0. The number of nitrogens with zero attached hydrogens (tertiary/aromatic N) is 2. The minimum absolute atomic E-state index is 0.145. The molecule has 5 nitrogen and oxygen atoms in total. The summed E-state index contributed by atoms with van der Waals surface area (Å²) in [5, 5.41) is 5.04. The van der Waals surface area contributed by atoms with E-state index in [9.17, 15) is 4.79 Å². The van der Waals surface area contributed by atoms with Crippen molar-refractivity contribution in [3.63, 3.8) is 0 Å². The van der Waals surface area contributed by atoms with Gasteiger partial charge in [0.1, 0.15) is 6.26 Å². The number of hydrogen-bond donors (Lipinski definition) is 1. The van der Waals surface area contributed by atoms with E-state index in [4.69, 9.17) is 4.42 Å². The van der Waals surface area contributed by atoms with Gasteiger partial charge in [0.25, 0.3) is 0 Å². The molecule has 0 atom stereocenters. The average Bonchev–Trinajstić information content (AvgIpc) is 2.76. The number of anilines is 1. The minimum Gasteiger partial charge on any atom is -0.451 e. The molecule has 0 aliphatic heterocycles. The Balaban J connectivity index is 1.91. The number of oxazole rings is 1. The minimum atomic E-state index is -0.145. The first-order valence-corrected chi connectivity index (χ1v) is 4.79. The van der Waals surface area contributed by atoms with Crippen molar-refractivity contribution in [3.8, 4) is 0 Å². The fourth-order valence-electron chi connectivity index (χ4n) is 0.938. The molecule has 0 bridgehead atoms. The van der Waals surface area contributed by atoms with Crippen molar-refractivity contribution in [2.75, 3.05) is 5.32 Å². The van der Waals surface area contributed by atoms with E-state index in [2.05, 4.69) is 15.3 Å². The standard InChI is InChI=1S/C8H7N3O2S/c12-7(3-6-4-13-5-10-6)11-8-9-1-2-14-8/h1-2,4-5H,3H2,(H,9,11,12). The van der Waals surface area contributed by atoms with Gasteiger partial charge in [0, 0.05) is 11.6 Å². The van der Waals surface area contributed by atoms with Gasteiger partial charge in [0.15, 0.2) is 11.5 Å². The van der Waals surface area contributed by atoms with Crippen molar-refractivity contribution in [2.45, 2.75) is 6.42 Å². The highest BCUT2D eigenvalue weighted by Crippen LogP contribution is 2.10. The molecule has 2 aromatic heterocycles. The zero-order chi connectivity index (χ0) is 9.80. The van der Waals surface area contributed by atoms with Crippen LogP contribution in [0.3, 0.4) is 0 Å². The van der Waals surface area contributed by atoms with E-state index in [1.807, 2.05) is 0 Å². The van der Waals surface area contributed by atoms with Crippen LogP contribution in [0.4, 0.5) is 5.13 Å². The van der Waals surface area contributed by atoms with E-state index in [-0.39, 0.29) is 12.3 Å². The Morgan fingerprint density at radius 1 is 1.57 bits per heavy atom. The number of rotatable bonds is 3. The summed E-state index contributed by atoms with van der Waals surface area (Å²) in [6.45, 7) is 0. The molecule has 2 heterocycles. The molecule has 1 amide bonds. The Kier molecular flexibility index (Phi) is 2.55. The second kappa shape index (κ2) is 4.01. The highest BCUT2D eigenvalue weighted by atomic mass is 32.1. The van der Waals surface area contributed by atoms with Crippen LogP contribution in [0.25, 0.3) is 0 Å². The van der Waals surface area contributed by atoms with Gasteiger partial charge < -0.3 is 9.73 Å². The van der Waals surface area contributed by atoms with Crippen molar-refractivity contribution >= 4 is 22.4 Å². The number of carbonyl (C=O) groups is 1. The first-order valence-electron chi connectivity index (χ1n) is 3.91. The van der Waals surface area contributed by atoms with Gasteiger partial charge in [-0.1, -0.05) is 0 Å². The summed E-state index contributed by atoms with van der Waals surface area (Å²) >= 11 is 1.38. The third-order valence-corrected chi connectivity index (χ3v) is 2.19. The molecule has 0 aromatic carbocycles. The molecule has 2 aromatic rings. The summed E-state index contributed by atoms with van der Waals surface area (Å²) in [4.78, 5) is 19.1. The van der Waals surface area contributed by atoms with E-state index < -0.39 is 0 Å². The molecule has 0 aliphatic rings. The molecule has 0 saturated carbocycles. The molecule has 0 fully saturated rings. The third-order valence-electron chi connectivity index (χ3n) is 1.50. The molecule has 0 spiro atoms. The third kappa shape index (κ3) is 2.17. The first-order chi connectivity index (χ1) is 6.84. The molecular weight excluding hydrogens is 202 g/mol. The van der Waals surface area contributed by atoms with E-state index in [1.54, 1.807) is 11.6 Å². The van der Waals surface area contributed by atoms with Crippen LogP contribution in [0.1, 0.15) is 5.69 Å². The topological polar surface area (TPSA) is 68.0 Å². The number of carbonyl (C=O) groups excluding carboxylic acids is 1. The van der Waals surface area contributed by atoms with Gasteiger partial charge in [0.05, 0.1) is 12.1 Å². The van der Waals surface area contributed by atoms with Gasteiger partial charge in [-0.2, -0.15) is 0 Å². The number of hydrogen-bond acceptors (Lipinski definition) is 5. The largest absolute Gasteiger partial charge is 0.451 e. The van der Waals surface area contributed by atoms with E-state index >= 15 is 0 Å². The van der Waals surface area contributed by atoms with Crippen LogP contribution in [-0.2, 0) is 11.2 Å². The van der Waals surface area contributed by atoms with Gasteiger partial charge in [0.2, 0.25) is 5.91 Å². The summed E-state index contributed by atoms with van der Waals surface area (Å²) in [5.74, 6) is -0.145. The van der Waals surface area contributed by atoms with Crippen molar-refractivity contribution < 1.29 is 9.21 Å². The van der Waals surface area contributed by atoms with Gasteiger partial charge in [-0.15, -0.1) is 11.3 Å². The molecule has 2 rings (SSSR count). The highest BCUT2D eigenvalue weighted by Gasteiger charge is 2.06.